The van der Waals surface area contributed by atoms with Crippen LogP contribution < -0.4 is 16.2 Å². The minimum atomic E-state index is 0.348. The first-order chi connectivity index (χ1) is 7.75. The summed E-state index contributed by atoms with van der Waals surface area (Å²) in [6.45, 7) is 0.746. The summed E-state index contributed by atoms with van der Waals surface area (Å²) in [6.07, 6.45) is 6.55. The van der Waals surface area contributed by atoms with Crippen LogP contribution in [0.5, 0.6) is 5.88 Å². The summed E-state index contributed by atoms with van der Waals surface area (Å²) in [5, 5.41) is 0. The Morgan fingerprint density at radius 3 is 2.62 bits per heavy atom. The van der Waals surface area contributed by atoms with Gasteiger partial charge in [0.2, 0.25) is 5.88 Å². The molecule has 1 fully saturated rings. The van der Waals surface area contributed by atoms with Crippen molar-refractivity contribution in [3.63, 3.8) is 0 Å². The average molecular weight is 221 g/mol. The van der Waals surface area contributed by atoms with E-state index in [1.54, 1.807) is 12.1 Å². The van der Waals surface area contributed by atoms with Gasteiger partial charge in [-0.1, -0.05) is 19.3 Å². The summed E-state index contributed by atoms with van der Waals surface area (Å²) in [5.41, 5.74) is 11.7. The van der Waals surface area contributed by atoms with Crippen LogP contribution in [-0.2, 0) is 0 Å². The molecule has 0 radical (unpaired) electrons. The van der Waals surface area contributed by atoms with E-state index in [1.165, 1.54) is 32.1 Å². The molecule has 88 valence electrons. The lowest BCUT2D eigenvalue weighted by atomic mass is 9.90. The van der Waals surface area contributed by atoms with Gasteiger partial charge in [0.15, 0.2) is 5.82 Å². The van der Waals surface area contributed by atoms with Crippen molar-refractivity contribution in [3.8, 4) is 5.88 Å². The van der Waals surface area contributed by atoms with Gasteiger partial charge in [-0.15, -0.1) is 0 Å². The third-order valence-electron chi connectivity index (χ3n) is 3.12. The molecule has 1 aromatic rings. The van der Waals surface area contributed by atoms with E-state index >= 15 is 0 Å². The van der Waals surface area contributed by atoms with Crippen LogP contribution >= 0.6 is 0 Å². The number of rotatable bonds is 3. The smallest absolute Gasteiger partial charge is 0.215 e. The molecule has 4 N–H and O–H groups in total. The molecule has 0 aromatic carbocycles. The van der Waals surface area contributed by atoms with Crippen LogP contribution in [0, 0.1) is 5.92 Å². The number of pyridine rings is 1. The van der Waals surface area contributed by atoms with Crippen molar-refractivity contribution in [2.75, 3.05) is 18.1 Å². The Labute approximate surface area is 96.0 Å². The molecule has 0 bridgehead atoms. The van der Waals surface area contributed by atoms with Crippen LogP contribution in [0.25, 0.3) is 0 Å². The largest absolute Gasteiger partial charge is 0.477 e. The monoisotopic (exact) mass is 221 g/mol. The molecule has 1 aromatic heterocycles. The Morgan fingerprint density at radius 2 is 1.94 bits per heavy atom. The van der Waals surface area contributed by atoms with Gasteiger partial charge >= 0.3 is 0 Å². The first-order valence-corrected chi connectivity index (χ1v) is 5.90. The molecule has 4 nitrogen and oxygen atoms in total. The Kier molecular flexibility index (Phi) is 3.49. The van der Waals surface area contributed by atoms with Crippen molar-refractivity contribution in [3.05, 3.63) is 12.1 Å². The van der Waals surface area contributed by atoms with E-state index in [0.29, 0.717) is 23.3 Å². The highest BCUT2D eigenvalue weighted by molar-refractivity contribution is 5.58. The van der Waals surface area contributed by atoms with Crippen molar-refractivity contribution in [2.24, 2.45) is 5.92 Å². The molecule has 4 heteroatoms. The van der Waals surface area contributed by atoms with E-state index in [-0.39, 0.29) is 0 Å². The van der Waals surface area contributed by atoms with Gasteiger partial charge in [0, 0.05) is 6.07 Å². The van der Waals surface area contributed by atoms with Crippen molar-refractivity contribution in [1.82, 2.24) is 4.98 Å². The Morgan fingerprint density at radius 1 is 1.19 bits per heavy atom. The highest BCUT2D eigenvalue weighted by Gasteiger charge is 2.14. The standard InChI is InChI=1S/C12H19N3O/c13-10-6-7-11(15-12(10)14)16-8-9-4-2-1-3-5-9/h6-7,9H,1-5,8,13H2,(H2,14,15). The molecule has 0 aliphatic heterocycles. The van der Waals surface area contributed by atoms with E-state index in [2.05, 4.69) is 4.98 Å². The highest BCUT2D eigenvalue weighted by atomic mass is 16.5. The summed E-state index contributed by atoms with van der Waals surface area (Å²) in [6, 6.07) is 3.51. The van der Waals surface area contributed by atoms with Gasteiger partial charge in [-0.3, -0.25) is 0 Å². The van der Waals surface area contributed by atoms with E-state index < -0.39 is 0 Å². The van der Waals surface area contributed by atoms with Crippen LogP contribution in [0.4, 0.5) is 11.5 Å². The minimum Gasteiger partial charge on any atom is -0.477 e. The molecule has 0 unspecified atom stereocenters. The molecule has 0 atom stereocenters. The number of ether oxygens (including phenoxy) is 1. The second-order valence-electron chi connectivity index (χ2n) is 4.44. The molecule has 0 saturated heterocycles. The lowest BCUT2D eigenvalue weighted by molar-refractivity contribution is 0.203. The molecule has 1 saturated carbocycles. The summed E-state index contributed by atoms with van der Waals surface area (Å²) < 4.78 is 5.63. The van der Waals surface area contributed by atoms with Gasteiger partial charge < -0.3 is 16.2 Å². The number of anilines is 2. The van der Waals surface area contributed by atoms with E-state index in [9.17, 15) is 0 Å². The highest BCUT2D eigenvalue weighted by Crippen LogP contribution is 2.24. The molecule has 1 aliphatic carbocycles. The molecule has 1 aliphatic rings. The fourth-order valence-electron chi connectivity index (χ4n) is 2.10. The quantitative estimate of drug-likeness (QED) is 0.820. The third-order valence-corrected chi connectivity index (χ3v) is 3.12. The van der Waals surface area contributed by atoms with Crippen LogP contribution in [0.2, 0.25) is 0 Å². The van der Waals surface area contributed by atoms with Gasteiger partial charge in [-0.2, -0.15) is 4.98 Å². The van der Waals surface area contributed by atoms with E-state index in [4.69, 9.17) is 16.2 Å². The Hall–Kier alpha value is -1.45. The maximum atomic E-state index is 5.63. The molecule has 2 rings (SSSR count). The summed E-state index contributed by atoms with van der Waals surface area (Å²) >= 11 is 0. The van der Waals surface area contributed by atoms with Crippen LogP contribution in [-0.4, -0.2) is 11.6 Å². The van der Waals surface area contributed by atoms with Crippen LogP contribution in [0.3, 0.4) is 0 Å². The average Bonchev–Trinajstić information content (AvgIpc) is 2.32. The van der Waals surface area contributed by atoms with Gasteiger partial charge in [0.25, 0.3) is 0 Å². The maximum absolute atomic E-state index is 5.63. The normalized spacial score (nSPS) is 17.2. The van der Waals surface area contributed by atoms with Gasteiger partial charge in [0.05, 0.1) is 12.3 Å². The van der Waals surface area contributed by atoms with E-state index in [0.717, 1.165) is 6.61 Å². The molecule has 0 amide bonds. The Bertz CT molecular complexity index is 348. The van der Waals surface area contributed by atoms with Crippen molar-refractivity contribution >= 4 is 11.5 Å². The summed E-state index contributed by atoms with van der Waals surface area (Å²) in [4.78, 5) is 4.09. The fraction of sp³-hybridized carbons (Fsp3) is 0.583. The van der Waals surface area contributed by atoms with Crippen molar-refractivity contribution in [1.29, 1.82) is 0 Å². The zero-order valence-electron chi connectivity index (χ0n) is 9.48. The van der Waals surface area contributed by atoms with E-state index in [1.807, 2.05) is 0 Å². The van der Waals surface area contributed by atoms with Crippen molar-refractivity contribution in [2.45, 2.75) is 32.1 Å². The summed E-state index contributed by atoms with van der Waals surface area (Å²) in [7, 11) is 0. The molecular weight excluding hydrogens is 202 g/mol. The second kappa shape index (κ2) is 5.05. The van der Waals surface area contributed by atoms with Gasteiger partial charge in [-0.05, 0) is 24.8 Å². The molecule has 0 spiro atoms. The third kappa shape index (κ3) is 2.78. The first-order valence-electron chi connectivity index (χ1n) is 5.90. The first kappa shape index (κ1) is 11.0. The number of aromatic nitrogens is 1. The van der Waals surface area contributed by atoms with Gasteiger partial charge in [0.1, 0.15) is 0 Å². The SMILES string of the molecule is Nc1ccc(OCC2CCCCC2)nc1N. The zero-order chi connectivity index (χ0) is 11.4. The lowest BCUT2D eigenvalue weighted by Crippen LogP contribution is -2.15. The number of hydrogen-bond acceptors (Lipinski definition) is 4. The molecule has 16 heavy (non-hydrogen) atoms. The van der Waals surface area contributed by atoms with Gasteiger partial charge in [-0.25, -0.2) is 0 Å². The molecular formula is C12H19N3O. The lowest BCUT2D eigenvalue weighted by Gasteiger charge is -2.21. The minimum absolute atomic E-state index is 0.348. The Balaban J connectivity index is 1.86. The fourth-order valence-corrected chi connectivity index (χ4v) is 2.10. The predicted octanol–water partition coefficient (Wildman–Crippen LogP) is 2.21. The number of hydrogen-bond donors (Lipinski definition) is 2. The number of nitrogens with zero attached hydrogens (tertiary/aromatic N) is 1. The zero-order valence-corrected chi connectivity index (χ0v) is 9.48. The summed E-state index contributed by atoms with van der Waals surface area (Å²) in [5.74, 6) is 1.60. The topological polar surface area (TPSA) is 74.2 Å². The predicted molar refractivity (Wildman–Crippen MR) is 65.1 cm³/mol. The molecule has 1 heterocycles. The van der Waals surface area contributed by atoms with Crippen LogP contribution in [0.1, 0.15) is 32.1 Å². The number of nitrogens with two attached hydrogens (primary N) is 2. The number of nitrogen functional groups attached to an aromatic ring is 2. The maximum Gasteiger partial charge on any atom is 0.215 e. The van der Waals surface area contributed by atoms with Crippen molar-refractivity contribution < 1.29 is 4.74 Å². The second-order valence-corrected chi connectivity index (χ2v) is 4.44. The van der Waals surface area contributed by atoms with Crippen LogP contribution in [0.15, 0.2) is 12.1 Å².